The monoisotopic (exact) mass is 263 g/mol. The molecule has 1 unspecified atom stereocenters. The molecule has 3 N–H and O–H groups in total. The average Bonchev–Trinajstić information content (AvgIpc) is 2.39. The lowest BCUT2D eigenvalue weighted by molar-refractivity contribution is 0.192. The van der Waals surface area contributed by atoms with Crippen molar-refractivity contribution >= 4 is 11.8 Å². The topological polar surface area (TPSA) is 84.1 Å². The SMILES string of the molecule is CC(C)c1nccc(NC2CCCN(C(N)=O)C2)n1. The van der Waals surface area contributed by atoms with E-state index >= 15 is 0 Å². The molecule has 6 nitrogen and oxygen atoms in total. The first-order chi connectivity index (χ1) is 9.06. The number of piperidine rings is 1. The van der Waals surface area contributed by atoms with Crippen molar-refractivity contribution in [2.45, 2.75) is 38.6 Å². The van der Waals surface area contributed by atoms with Crippen molar-refractivity contribution in [3.05, 3.63) is 18.1 Å². The van der Waals surface area contributed by atoms with E-state index in [9.17, 15) is 4.79 Å². The molecule has 2 amide bonds. The van der Waals surface area contributed by atoms with Crippen LogP contribution in [0.4, 0.5) is 10.6 Å². The molecule has 19 heavy (non-hydrogen) atoms. The van der Waals surface area contributed by atoms with Gasteiger partial charge in [0.05, 0.1) is 0 Å². The lowest BCUT2D eigenvalue weighted by atomic mass is 10.1. The Morgan fingerprint density at radius 1 is 1.58 bits per heavy atom. The summed E-state index contributed by atoms with van der Waals surface area (Å²) in [6.45, 7) is 5.51. The molecule has 0 aliphatic carbocycles. The molecule has 1 aromatic heterocycles. The first kappa shape index (κ1) is 13.6. The molecule has 0 bridgehead atoms. The van der Waals surface area contributed by atoms with Gasteiger partial charge in [0.1, 0.15) is 11.6 Å². The molecule has 2 rings (SSSR count). The number of carbonyl (C=O) groups excluding carboxylic acids is 1. The van der Waals surface area contributed by atoms with Crippen LogP contribution in [0.2, 0.25) is 0 Å². The zero-order chi connectivity index (χ0) is 13.8. The van der Waals surface area contributed by atoms with Crippen molar-refractivity contribution < 1.29 is 4.79 Å². The van der Waals surface area contributed by atoms with Gasteiger partial charge < -0.3 is 16.0 Å². The molecule has 1 aliphatic rings. The number of aromatic nitrogens is 2. The maximum Gasteiger partial charge on any atom is 0.314 e. The van der Waals surface area contributed by atoms with Gasteiger partial charge in [-0.3, -0.25) is 0 Å². The quantitative estimate of drug-likeness (QED) is 0.866. The fourth-order valence-electron chi connectivity index (χ4n) is 2.24. The minimum atomic E-state index is -0.350. The van der Waals surface area contributed by atoms with Crippen LogP contribution in [0, 0.1) is 0 Å². The normalized spacial score (nSPS) is 19.5. The number of carbonyl (C=O) groups is 1. The predicted molar refractivity (Wildman–Crippen MR) is 73.9 cm³/mol. The van der Waals surface area contributed by atoms with E-state index in [0.717, 1.165) is 31.0 Å². The molecule has 1 aliphatic heterocycles. The van der Waals surface area contributed by atoms with Gasteiger partial charge in [-0.05, 0) is 18.9 Å². The van der Waals surface area contributed by atoms with E-state index in [1.165, 1.54) is 0 Å². The average molecular weight is 263 g/mol. The number of likely N-dealkylation sites (tertiary alicyclic amines) is 1. The van der Waals surface area contributed by atoms with Gasteiger partial charge in [-0.25, -0.2) is 14.8 Å². The van der Waals surface area contributed by atoms with Crippen LogP contribution in [-0.2, 0) is 0 Å². The second-order valence-electron chi connectivity index (χ2n) is 5.22. The third-order valence-electron chi connectivity index (χ3n) is 3.28. The molecular weight excluding hydrogens is 242 g/mol. The van der Waals surface area contributed by atoms with Crippen LogP contribution in [0.25, 0.3) is 0 Å². The lowest BCUT2D eigenvalue weighted by Gasteiger charge is -2.32. The molecule has 1 saturated heterocycles. The summed E-state index contributed by atoms with van der Waals surface area (Å²) in [5.41, 5.74) is 5.32. The Kier molecular flexibility index (Phi) is 4.19. The number of nitrogens with one attached hydrogen (secondary N) is 1. The number of hydrogen-bond acceptors (Lipinski definition) is 4. The Balaban J connectivity index is 2.00. The van der Waals surface area contributed by atoms with Crippen molar-refractivity contribution in [2.75, 3.05) is 18.4 Å². The zero-order valence-corrected chi connectivity index (χ0v) is 11.5. The number of nitrogens with zero attached hydrogens (tertiary/aromatic N) is 3. The van der Waals surface area contributed by atoms with E-state index in [-0.39, 0.29) is 12.1 Å². The number of primary amides is 1. The highest BCUT2D eigenvalue weighted by atomic mass is 16.2. The summed E-state index contributed by atoms with van der Waals surface area (Å²) >= 11 is 0. The highest BCUT2D eigenvalue weighted by molar-refractivity contribution is 5.72. The second-order valence-corrected chi connectivity index (χ2v) is 5.22. The standard InChI is InChI=1S/C13H21N5O/c1-9(2)12-15-6-5-11(17-12)16-10-4-3-7-18(8-10)13(14)19/h5-6,9-10H,3-4,7-8H2,1-2H3,(H2,14,19)(H,15,16,17). The van der Waals surface area contributed by atoms with Crippen LogP contribution in [0.5, 0.6) is 0 Å². The largest absolute Gasteiger partial charge is 0.365 e. The summed E-state index contributed by atoms with van der Waals surface area (Å²) in [5.74, 6) is 1.94. The predicted octanol–water partition coefficient (Wildman–Crippen LogP) is 1.55. The minimum Gasteiger partial charge on any atom is -0.365 e. The van der Waals surface area contributed by atoms with Crippen molar-refractivity contribution in [2.24, 2.45) is 5.73 Å². The molecule has 1 fully saturated rings. The molecule has 0 spiro atoms. The summed E-state index contributed by atoms with van der Waals surface area (Å²) < 4.78 is 0. The van der Waals surface area contributed by atoms with Gasteiger partial charge >= 0.3 is 6.03 Å². The number of amides is 2. The third-order valence-corrected chi connectivity index (χ3v) is 3.28. The Morgan fingerprint density at radius 2 is 2.37 bits per heavy atom. The van der Waals surface area contributed by atoms with E-state index in [0.29, 0.717) is 12.5 Å². The van der Waals surface area contributed by atoms with Gasteiger partial charge in [0.25, 0.3) is 0 Å². The minimum absolute atomic E-state index is 0.205. The number of urea groups is 1. The van der Waals surface area contributed by atoms with Gasteiger partial charge in [-0.2, -0.15) is 0 Å². The maximum absolute atomic E-state index is 11.2. The second kappa shape index (κ2) is 5.86. The molecule has 1 atom stereocenters. The van der Waals surface area contributed by atoms with Crippen LogP contribution in [-0.4, -0.2) is 40.0 Å². The molecule has 104 valence electrons. The Bertz CT molecular complexity index is 448. The van der Waals surface area contributed by atoms with Crippen LogP contribution >= 0.6 is 0 Å². The van der Waals surface area contributed by atoms with Crippen molar-refractivity contribution in [1.82, 2.24) is 14.9 Å². The van der Waals surface area contributed by atoms with Gasteiger partial charge in [0.2, 0.25) is 0 Å². The number of hydrogen-bond donors (Lipinski definition) is 2. The van der Waals surface area contributed by atoms with E-state index in [4.69, 9.17) is 5.73 Å². The highest BCUT2D eigenvalue weighted by Crippen LogP contribution is 2.16. The summed E-state index contributed by atoms with van der Waals surface area (Å²) in [4.78, 5) is 21.6. The molecular formula is C13H21N5O. The maximum atomic E-state index is 11.2. The van der Waals surface area contributed by atoms with Gasteiger partial charge in [0.15, 0.2) is 0 Å². The Hall–Kier alpha value is -1.85. The molecule has 0 radical (unpaired) electrons. The molecule has 0 aromatic carbocycles. The Labute approximate surface area is 113 Å². The third kappa shape index (κ3) is 3.56. The van der Waals surface area contributed by atoms with E-state index in [1.54, 1.807) is 11.1 Å². The van der Waals surface area contributed by atoms with E-state index in [2.05, 4.69) is 29.1 Å². The van der Waals surface area contributed by atoms with Crippen LogP contribution in [0.3, 0.4) is 0 Å². The molecule has 0 saturated carbocycles. The lowest BCUT2D eigenvalue weighted by Crippen LogP contribution is -2.47. The first-order valence-electron chi connectivity index (χ1n) is 6.70. The number of rotatable bonds is 3. The fourth-order valence-corrected chi connectivity index (χ4v) is 2.24. The summed E-state index contributed by atoms with van der Waals surface area (Å²) in [6, 6.07) is 1.71. The van der Waals surface area contributed by atoms with Crippen molar-refractivity contribution in [3.8, 4) is 0 Å². The van der Waals surface area contributed by atoms with Gasteiger partial charge in [-0.15, -0.1) is 0 Å². The fraction of sp³-hybridized carbons (Fsp3) is 0.615. The van der Waals surface area contributed by atoms with Crippen LogP contribution in [0.15, 0.2) is 12.3 Å². The summed E-state index contributed by atoms with van der Waals surface area (Å²) in [5, 5.41) is 3.36. The van der Waals surface area contributed by atoms with Crippen LogP contribution < -0.4 is 11.1 Å². The van der Waals surface area contributed by atoms with Gasteiger partial charge in [-0.1, -0.05) is 13.8 Å². The molecule has 2 heterocycles. The summed E-state index contributed by atoms with van der Waals surface area (Å²) in [6.07, 6.45) is 3.74. The van der Waals surface area contributed by atoms with Crippen LogP contribution in [0.1, 0.15) is 38.4 Å². The van der Waals surface area contributed by atoms with Gasteiger partial charge in [0, 0.05) is 31.2 Å². The summed E-state index contributed by atoms with van der Waals surface area (Å²) in [7, 11) is 0. The Morgan fingerprint density at radius 3 is 3.05 bits per heavy atom. The number of nitrogens with two attached hydrogens (primary N) is 1. The zero-order valence-electron chi connectivity index (χ0n) is 11.5. The van der Waals surface area contributed by atoms with Crippen molar-refractivity contribution in [3.63, 3.8) is 0 Å². The molecule has 1 aromatic rings. The number of anilines is 1. The van der Waals surface area contributed by atoms with Crippen molar-refractivity contribution in [1.29, 1.82) is 0 Å². The van der Waals surface area contributed by atoms with E-state index < -0.39 is 0 Å². The first-order valence-corrected chi connectivity index (χ1v) is 6.70. The highest BCUT2D eigenvalue weighted by Gasteiger charge is 2.22. The smallest absolute Gasteiger partial charge is 0.314 e. The molecule has 6 heteroatoms. The van der Waals surface area contributed by atoms with E-state index in [1.807, 2.05) is 6.07 Å².